The fourth-order valence-corrected chi connectivity index (χ4v) is 2.59. The van der Waals surface area contributed by atoms with Crippen molar-refractivity contribution in [1.82, 2.24) is 0 Å². The Kier molecular flexibility index (Phi) is 3.44. The Bertz CT molecular complexity index is 688. The molecule has 0 aromatic heterocycles. The molecule has 0 bridgehead atoms. The van der Waals surface area contributed by atoms with Crippen LogP contribution in [0.25, 0.3) is 0 Å². The van der Waals surface area contributed by atoms with Crippen molar-refractivity contribution in [3.05, 3.63) is 57.8 Å². The molecule has 0 spiro atoms. The Morgan fingerprint density at radius 2 is 2.10 bits per heavy atom. The van der Waals surface area contributed by atoms with Gasteiger partial charge in [0.05, 0.1) is 4.47 Å². The third-order valence-electron chi connectivity index (χ3n) is 3.26. The summed E-state index contributed by atoms with van der Waals surface area (Å²) in [6.45, 7) is 0.908. The molecule has 1 aliphatic heterocycles. The van der Waals surface area contributed by atoms with Crippen molar-refractivity contribution in [1.29, 1.82) is 0 Å². The van der Waals surface area contributed by atoms with Crippen LogP contribution in [0.2, 0.25) is 0 Å². The zero-order valence-electron chi connectivity index (χ0n) is 10.5. The molecule has 0 saturated carbocycles. The van der Waals surface area contributed by atoms with E-state index in [4.69, 9.17) is 0 Å². The van der Waals surface area contributed by atoms with Gasteiger partial charge in [-0.1, -0.05) is 6.07 Å². The minimum Gasteiger partial charge on any atom is -0.384 e. The molecule has 102 valence electrons. The lowest BCUT2D eigenvalue weighted by atomic mass is 10.1. The van der Waals surface area contributed by atoms with Crippen molar-refractivity contribution in [2.24, 2.45) is 0 Å². The predicted molar refractivity (Wildman–Crippen MR) is 80.7 cm³/mol. The smallest absolute Gasteiger partial charge is 0.255 e. The average molecular weight is 335 g/mol. The van der Waals surface area contributed by atoms with Gasteiger partial charge in [0.1, 0.15) is 5.82 Å². The Morgan fingerprint density at radius 1 is 1.25 bits per heavy atom. The first kappa shape index (κ1) is 13.1. The molecule has 3 rings (SSSR count). The minimum atomic E-state index is -0.357. The highest BCUT2D eigenvalue weighted by Gasteiger charge is 2.13. The van der Waals surface area contributed by atoms with Crippen molar-refractivity contribution in [3.63, 3.8) is 0 Å². The van der Waals surface area contributed by atoms with Crippen LogP contribution in [0.5, 0.6) is 0 Å². The molecule has 1 aliphatic rings. The topological polar surface area (TPSA) is 41.1 Å². The summed E-state index contributed by atoms with van der Waals surface area (Å²) in [5.74, 6) is -0.565. The number of benzene rings is 2. The van der Waals surface area contributed by atoms with E-state index in [0.717, 1.165) is 18.7 Å². The summed E-state index contributed by atoms with van der Waals surface area (Å²) in [6, 6.07) is 9.99. The first-order chi connectivity index (χ1) is 9.63. The van der Waals surface area contributed by atoms with E-state index in [1.807, 2.05) is 12.1 Å². The van der Waals surface area contributed by atoms with Crippen molar-refractivity contribution in [2.75, 3.05) is 17.2 Å². The van der Waals surface area contributed by atoms with Crippen LogP contribution >= 0.6 is 15.9 Å². The van der Waals surface area contributed by atoms with Gasteiger partial charge in [-0.3, -0.25) is 4.79 Å². The fraction of sp³-hybridized carbons (Fsp3) is 0.133. The van der Waals surface area contributed by atoms with Crippen LogP contribution in [0.4, 0.5) is 15.8 Å². The minimum absolute atomic E-state index is 0.208. The third-order valence-corrected chi connectivity index (χ3v) is 3.87. The van der Waals surface area contributed by atoms with E-state index in [0.29, 0.717) is 15.7 Å². The zero-order chi connectivity index (χ0) is 14.1. The second-order valence-electron chi connectivity index (χ2n) is 4.63. The number of carbonyl (C=O) groups excluding carboxylic acids is 1. The van der Waals surface area contributed by atoms with E-state index >= 15 is 0 Å². The molecule has 5 heteroatoms. The van der Waals surface area contributed by atoms with Crippen molar-refractivity contribution >= 4 is 33.2 Å². The Hall–Kier alpha value is -1.88. The number of halogens is 2. The van der Waals surface area contributed by atoms with E-state index in [2.05, 4.69) is 26.6 Å². The maximum Gasteiger partial charge on any atom is 0.255 e. The number of hydrogen-bond acceptors (Lipinski definition) is 2. The molecular formula is C15H12BrFN2O. The number of amides is 1. The fourth-order valence-electron chi connectivity index (χ4n) is 2.21. The lowest BCUT2D eigenvalue weighted by Crippen LogP contribution is -2.12. The van der Waals surface area contributed by atoms with Crippen LogP contribution in [-0.2, 0) is 6.42 Å². The van der Waals surface area contributed by atoms with Gasteiger partial charge in [-0.25, -0.2) is 4.39 Å². The second-order valence-corrected chi connectivity index (χ2v) is 5.49. The zero-order valence-corrected chi connectivity index (χ0v) is 12.1. The number of fused-ring (bicyclic) bond motifs is 1. The Balaban J connectivity index is 1.80. The van der Waals surface area contributed by atoms with Crippen LogP contribution < -0.4 is 10.6 Å². The van der Waals surface area contributed by atoms with Crippen LogP contribution in [0.15, 0.2) is 40.9 Å². The van der Waals surface area contributed by atoms with Crippen LogP contribution in [0.1, 0.15) is 15.9 Å². The van der Waals surface area contributed by atoms with Gasteiger partial charge in [-0.15, -0.1) is 0 Å². The summed E-state index contributed by atoms with van der Waals surface area (Å²) in [4.78, 5) is 12.2. The Morgan fingerprint density at radius 3 is 2.90 bits per heavy atom. The van der Waals surface area contributed by atoms with E-state index in [9.17, 15) is 9.18 Å². The summed E-state index contributed by atoms with van der Waals surface area (Å²) in [5, 5.41) is 5.99. The maximum atomic E-state index is 13.1. The van der Waals surface area contributed by atoms with Gasteiger partial charge in [0.15, 0.2) is 0 Å². The molecule has 1 amide bonds. The van der Waals surface area contributed by atoms with Crippen LogP contribution in [-0.4, -0.2) is 12.5 Å². The molecule has 0 atom stereocenters. The summed E-state index contributed by atoms with van der Waals surface area (Å²) < 4.78 is 13.5. The first-order valence-corrected chi connectivity index (χ1v) is 7.06. The molecule has 2 N–H and O–H groups in total. The molecule has 0 saturated heterocycles. The highest BCUT2D eigenvalue weighted by molar-refractivity contribution is 9.10. The van der Waals surface area contributed by atoms with E-state index in [1.54, 1.807) is 12.1 Å². The first-order valence-electron chi connectivity index (χ1n) is 6.27. The monoisotopic (exact) mass is 334 g/mol. The van der Waals surface area contributed by atoms with Crippen molar-refractivity contribution < 1.29 is 9.18 Å². The summed E-state index contributed by atoms with van der Waals surface area (Å²) in [6.07, 6.45) is 0.988. The predicted octanol–water partition coefficient (Wildman–Crippen LogP) is 3.81. The lowest BCUT2D eigenvalue weighted by Gasteiger charge is -2.08. The normalized spacial score (nSPS) is 12.7. The molecule has 0 fully saturated rings. The highest BCUT2D eigenvalue weighted by atomic mass is 79.9. The van der Waals surface area contributed by atoms with Gasteiger partial charge in [-0.05, 0) is 58.2 Å². The molecule has 20 heavy (non-hydrogen) atoms. The lowest BCUT2D eigenvalue weighted by molar-refractivity contribution is 0.102. The molecule has 2 aromatic rings. The molecule has 0 radical (unpaired) electrons. The van der Waals surface area contributed by atoms with Gasteiger partial charge >= 0.3 is 0 Å². The van der Waals surface area contributed by atoms with Crippen LogP contribution in [0.3, 0.4) is 0 Å². The number of anilines is 2. The van der Waals surface area contributed by atoms with Gasteiger partial charge in [0.2, 0.25) is 0 Å². The van der Waals surface area contributed by atoms with Gasteiger partial charge < -0.3 is 10.6 Å². The number of hydrogen-bond donors (Lipinski definition) is 2. The third kappa shape index (κ3) is 2.54. The molecule has 3 nitrogen and oxygen atoms in total. The van der Waals surface area contributed by atoms with Gasteiger partial charge in [0.25, 0.3) is 5.91 Å². The van der Waals surface area contributed by atoms with Gasteiger partial charge in [0, 0.05) is 23.5 Å². The Labute approximate surface area is 124 Å². The maximum absolute atomic E-state index is 13.1. The summed E-state index contributed by atoms with van der Waals surface area (Å²) in [5.41, 5.74) is 3.37. The number of nitrogens with one attached hydrogen (secondary N) is 2. The molecule has 2 aromatic carbocycles. The van der Waals surface area contributed by atoms with E-state index in [1.165, 1.54) is 17.7 Å². The van der Waals surface area contributed by atoms with Crippen molar-refractivity contribution in [2.45, 2.75) is 6.42 Å². The molecular weight excluding hydrogens is 323 g/mol. The largest absolute Gasteiger partial charge is 0.384 e. The van der Waals surface area contributed by atoms with Crippen molar-refractivity contribution in [3.8, 4) is 0 Å². The van der Waals surface area contributed by atoms with E-state index in [-0.39, 0.29) is 11.7 Å². The quantitative estimate of drug-likeness (QED) is 0.876. The highest BCUT2D eigenvalue weighted by Crippen LogP contribution is 2.24. The van der Waals surface area contributed by atoms with E-state index < -0.39 is 0 Å². The van der Waals surface area contributed by atoms with Gasteiger partial charge in [-0.2, -0.15) is 0 Å². The average Bonchev–Trinajstić information content (AvgIpc) is 2.90. The number of carbonyl (C=O) groups is 1. The second kappa shape index (κ2) is 5.25. The molecule has 0 unspecified atom stereocenters. The van der Waals surface area contributed by atoms with Crippen LogP contribution in [0, 0.1) is 5.82 Å². The number of rotatable bonds is 2. The SMILES string of the molecule is O=C(Nc1ccc(F)c(Br)c1)c1ccc2c(c1)NCC2. The summed E-state index contributed by atoms with van der Waals surface area (Å²) in [7, 11) is 0. The standard InChI is InChI=1S/C15H12BrFN2O/c16-12-8-11(3-4-13(12)17)19-15(20)10-2-1-9-5-6-18-14(9)7-10/h1-4,7-8,18H,5-6H2,(H,19,20). The summed E-state index contributed by atoms with van der Waals surface area (Å²) >= 11 is 3.10. The molecule has 1 heterocycles. The molecule has 0 aliphatic carbocycles.